The van der Waals surface area contributed by atoms with Gasteiger partial charge in [0.25, 0.3) is 15.6 Å². The van der Waals surface area contributed by atoms with Crippen LogP contribution in [0.3, 0.4) is 0 Å². The van der Waals surface area contributed by atoms with Gasteiger partial charge in [-0.1, -0.05) is 41.9 Å². The van der Waals surface area contributed by atoms with E-state index in [1.54, 1.807) is 32.2 Å². The van der Waals surface area contributed by atoms with Crippen molar-refractivity contribution in [3.8, 4) is 0 Å². The lowest BCUT2D eigenvalue weighted by Gasteiger charge is -2.20. The zero-order chi connectivity index (χ0) is 31.9. The lowest BCUT2D eigenvalue weighted by molar-refractivity contribution is -0.115. The van der Waals surface area contributed by atoms with Gasteiger partial charge in [0.15, 0.2) is 0 Å². The van der Waals surface area contributed by atoms with Gasteiger partial charge in [-0.15, -0.1) is 0 Å². The van der Waals surface area contributed by atoms with Crippen molar-refractivity contribution in [2.45, 2.75) is 44.2 Å². The van der Waals surface area contributed by atoms with Crippen molar-refractivity contribution in [1.82, 2.24) is 18.9 Å². The topological polar surface area (TPSA) is 154 Å². The maximum atomic E-state index is 14.4. The van der Waals surface area contributed by atoms with Crippen molar-refractivity contribution >= 4 is 44.7 Å². The first-order chi connectivity index (χ1) is 20.8. The van der Waals surface area contributed by atoms with Crippen molar-refractivity contribution in [1.29, 1.82) is 0 Å². The van der Waals surface area contributed by atoms with Gasteiger partial charge in [0.05, 0.1) is 24.3 Å². The molecule has 1 aliphatic rings. The number of hydrogen-bond donors (Lipinski definition) is 2. The first-order valence-electron chi connectivity index (χ1n) is 13.7. The van der Waals surface area contributed by atoms with E-state index in [0.29, 0.717) is 11.3 Å². The molecule has 0 saturated heterocycles. The Morgan fingerprint density at radius 2 is 1.80 bits per heavy atom. The minimum atomic E-state index is -4.02. The number of carbonyl (C=O) groups excluding carboxylic acids is 1. The van der Waals surface area contributed by atoms with Crippen molar-refractivity contribution in [3.63, 3.8) is 0 Å². The molecular weight excluding hydrogens is 613 g/mol. The number of amides is 1. The SMILES string of the molecule is Cc1nn(C)c(Cl)c1S(=O)(=O)N(C)c1ccc(CC(=O)Nc2c(N)n(CC3CC3)c(=O)n(Cc3ccccc3F)c2=O)cc1. The number of sulfonamides is 1. The molecule has 2 aromatic heterocycles. The molecule has 2 heterocycles. The van der Waals surface area contributed by atoms with E-state index >= 15 is 0 Å². The fourth-order valence-electron chi connectivity index (χ4n) is 4.88. The van der Waals surface area contributed by atoms with Crippen LogP contribution in [0.5, 0.6) is 0 Å². The lowest BCUT2D eigenvalue weighted by atomic mass is 10.1. The van der Waals surface area contributed by atoms with E-state index in [1.165, 1.54) is 46.6 Å². The van der Waals surface area contributed by atoms with Crippen LogP contribution in [0.15, 0.2) is 63.0 Å². The van der Waals surface area contributed by atoms with Gasteiger partial charge in [-0.25, -0.2) is 17.6 Å². The summed E-state index contributed by atoms with van der Waals surface area (Å²) >= 11 is 6.19. The number of rotatable bonds is 10. The number of carbonyl (C=O) groups is 1. The zero-order valence-electron chi connectivity index (χ0n) is 24.3. The first-order valence-corrected chi connectivity index (χ1v) is 15.5. The molecule has 44 heavy (non-hydrogen) atoms. The molecule has 1 aliphatic carbocycles. The highest BCUT2D eigenvalue weighted by atomic mass is 35.5. The van der Waals surface area contributed by atoms with E-state index in [2.05, 4.69) is 10.4 Å². The minimum Gasteiger partial charge on any atom is -0.383 e. The average molecular weight is 644 g/mol. The molecule has 15 heteroatoms. The molecule has 1 fully saturated rings. The van der Waals surface area contributed by atoms with Gasteiger partial charge in [0.1, 0.15) is 27.4 Å². The molecular formula is C29H31ClFN7O5S. The number of nitrogens with two attached hydrogens (primary N) is 1. The highest BCUT2D eigenvalue weighted by Crippen LogP contribution is 2.32. The molecule has 1 amide bonds. The van der Waals surface area contributed by atoms with Gasteiger partial charge >= 0.3 is 5.69 Å². The van der Waals surface area contributed by atoms with E-state index in [-0.39, 0.29) is 58.2 Å². The van der Waals surface area contributed by atoms with Crippen LogP contribution in [-0.2, 0) is 41.4 Å². The molecule has 1 saturated carbocycles. The Morgan fingerprint density at radius 1 is 1.14 bits per heavy atom. The van der Waals surface area contributed by atoms with Crippen LogP contribution in [0, 0.1) is 18.7 Å². The minimum absolute atomic E-state index is 0.0154. The van der Waals surface area contributed by atoms with Gasteiger partial charge in [0, 0.05) is 26.2 Å². The molecule has 12 nitrogen and oxygen atoms in total. The Balaban J connectivity index is 1.38. The summed E-state index contributed by atoms with van der Waals surface area (Å²) in [6, 6.07) is 12.0. The maximum absolute atomic E-state index is 14.4. The van der Waals surface area contributed by atoms with Crippen molar-refractivity contribution < 1.29 is 17.6 Å². The lowest BCUT2D eigenvalue weighted by Crippen LogP contribution is -2.43. The second-order valence-electron chi connectivity index (χ2n) is 10.8. The first kappa shape index (κ1) is 31.0. The average Bonchev–Trinajstić information content (AvgIpc) is 3.76. The van der Waals surface area contributed by atoms with Gasteiger partial charge in [0.2, 0.25) is 5.91 Å². The summed E-state index contributed by atoms with van der Waals surface area (Å²) in [5.41, 5.74) is 5.68. The van der Waals surface area contributed by atoms with Gasteiger partial charge in [-0.3, -0.25) is 27.7 Å². The number of nitrogens with zero attached hydrogens (tertiary/aromatic N) is 5. The van der Waals surface area contributed by atoms with Crippen LogP contribution in [0.4, 0.5) is 21.6 Å². The number of halogens is 2. The van der Waals surface area contributed by atoms with Crippen molar-refractivity contribution in [2.24, 2.45) is 13.0 Å². The summed E-state index contributed by atoms with van der Waals surface area (Å²) in [6.07, 6.45) is 1.63. The van der Waals surface area contributed by atoms with Crippen molar-refractivity contribution in [3.05, 3.63) is 97.2 Å². The standard InChI is InChI=1S/C29H31ClFN7O5S/c1-17-25(26(30)35(2)34-17)44(42,43)36(3)21-12-10-18(11-13-21)14-23(39)33-24-27(32)37(15-19-8-9-19)29(41)38(28(24)40)16-20-6-4-5-7-22(20)31/h4-7,10-13,19H,8-9,14-16,32H2,1-3H3,(H,33,39). The van der Waals surface area contributed by atoms with E-state index < -0.39 is 33.0 Å². The molecule has 0 spiro atoms. The number of nitrogens with one attached hydrogen (secondary N) is 1. The summed E-state index contributed by atoms with van der Waals surface area (Å²) in [7, 11) is -1.10. The Morgan fingerprint density at radius 3 is 2.39 bits per heavy atom. The van der Waals surface area contributed by atoms with Crippen LogP contribution >= 0.6 is 11.6 Å². The Hall–Kier alpha value is -4.43. The predicted molar refractivity (Wildman–Crippen MR) is 165 cm³/mol. The highest BCUT2D eigenvalue weighted by molar-refractivity contribution is 7.93. The maximum Gasteiger partial charge on any atom is 0.332 e. The van der Waals surface area contributed by atoms with Crippen LogP contribution in [0.25, 0.3) is 0 Å². The second-order valence-corrected chi connectivity index (χ2v) is 13.0. The summed E-state index contributed by atoms with van der Waals surface area (Å²) in [6.45, 7) is 1.49. The van der Waals surface area contributed by atoms with E-state index in [1.807, 2.05) is 0 Å². The molecule has 0 radical (unpaired) electrons. The van der Waals surface area contributed by atoms with E-state index in [0.717, 1.165) is 21.7 Å². The number of aryl methyl sites for hydroxylation is 2. The quantitative estimate of drug-likeness (QED) is 0.269. The summed E-state index contributed by atoms with van der Waals surface area (Å²) in [4.78, 5) is 39.6. The number of hydrogen-bond acceptors (Lipinski definition) is 7. The largest absolute Gasteiger partial charge is 0.383 e. The smallest absolute Gasteiger partial charge is 0.332 e. The molecule has 2 aromatic carbocycles. The molecule has 232 valence electrons. The molecule has 0 bridgehead atoms. The van der Waals surface area contributed by atoms with Gasteiger partial charge in [-0.2, -0.15) is 5.10 Å². The van der Waals surface area contributed by atoms with Gasteiger partial charge < -0.3 is 11.1 Å². The molecule has 3 N–H and O–H groups in total. The normalized spacial score (nSPS) is 13.2. The third-order valence-corrected chi connectivity index (χ3v) is 10.0. The Labute approximate surface area is 257 Å². The van der Waals surface area contributed by atoms with Crippen molar-refractivity contribution in [2.75, 3.05) is 22.4 Å². The second kappa shape index (κ2) is 11.9. The van der Waals surface area contributed by atoms with Gasteiger partial charge in [-0.05, 0) is 49.4 Å². The molecule has 0 aliphatic heterocycles. The van der Waals surface area contributed by atoms with E-state index in [4.69, 9.17) is 17.3 Å². The number of aromatic nitrogens is 4. The fourth-order valence-corrected chi connectivity index (χ4v) is 6.78. The van der Waals surface area contributed by atoms with Crippen LogP contribution in [-0.4, -0.2) is 40.3 Å². The highest BCUT2D eigenvalue weighted by Gasteiger charge is 2.30. The fraction of sp³-hybridized carbons (Fsp3) is 0.310. The predicted octanol–water partition coefficient (Wildman–Crippen LogP) is 2.89. The molecule has 4 aromatic rings. The number of benzene rings is 2. The molecule has 0 unspecified atom stereocenters. The zero-order valence-corrected chi connectivity index (χ0v) is 25.8. The summed E-state index contributed by atoms with van der Waals surface area (Å²) in [5.74, 6) is -1.11. The summed E-state index contributed by atoms with van der Waals surface area (Å²) < 4.78 is 45.3. The third kappa shape index (κ3) is 5.99. The third-order valence-electron chi connectivity index (χ3n) is 7.54. The van der Waals surface area contributed by atoms with Crippen LogP contribution < -0.4 is 26.6 Å². The van der Waals surface area contributed by atoms with Crippen LogP contribution in [0.1, 0.15) is 29.7 Å². The Kier molecular flexibility index (Phi) is 8.40. The number of anilines is 3. The molecule has 0 atom stereocenters. The van der Waals surface area contributed by atoms with Crippen LogP contribution in [0.2, 0.25) is 5.15 Å². The van der Waals surface area contributed by atoms with E-state index in [9.17, 15) is 27.2 Å². The number of nitrogen functional groups attached to an aromatic ring is 1. The Bertz CT molecular complexity index is 1980. The molecule has 5 rings (SSSR count). The monoisotopic (exact) mass is 643 g/mol. The summed E-state index contributed by atoms with van der Waals surface area (Å²) in [5, 5.41) is 6.60.